The van der Waals surface area contributed by atoms with Crippen molar-refractivity contribution in [3.05, 3.63) is 24.2 Å². The van der Waals surface area contributed by atoms with E-state index < -0.39 is 46.8 Å². The van der Waals surface area contributed by atoms with Crippen LogP contribution in [0.5, 0.6) is 0 Å². The van der Waals surface area contributed by atoms with Crippen LogP contribution in [-0.4, -0.2) is 48.1 Å². The molecule has 0 aromatic carbocycles. The Hall–Kier alpha value is -2.19. The summed E-state index contributed by atoms with van der Waals surface area (Å²) in [6.45, 7) is 3.67. The zero-order valence-electron chi connectivity index (χ0n) is 17.9. The summed E-state index contributed by atoms with van der Waals surface area (Å²) < 4.78 is 10.1. The van der Waals surface area contributed by atoms with Gasteiger partial charge >= 0.3 is 5.97 Å². The van der Waals surface area contributed by atoms with Crippen molar-refractivity contribution in [2.75, 3.05) is 14.2 Å². The lowest BCUT2D eigenvalue weighted by atomic mass is 9.43. The van der Waals surface area contributed by atoms with E-state index in [2.05, 4.69) is 5.32 Å². The number of carbonyl (C=O) groups is 3. The largest absolute Gasteiger partial charge is 0.472 e. The number of ketones is 1. The molecule has 8 heteroatoms. The number of aliphatic hydroxyl groups excluding tert-OH is 2. The molecule has 0 aliphatic heterocycles. The SMILES string of the molecule is CNC(=O)[C@@H]1CC[C@]2(C)C(C(=O)[C@@H](O)C[C@H]2C(=O)OC)[C@@]1(C)C[C@H](O)c1ccoc1. The Bertz CT molecular complexity index is 806. The van der Waals surface area contributed by atoms with Gasteiger partial charge in [0.05, 0.1) is 31.7 Å². The summed E-state index contributed by atoms with van der Waals surface area (Å²) in [6, 6.07) is 1.64. The molecule has 2 aliphatic rings. The number of furan rings is 1. The molecule has 3 N–H and O–H groups in total. The fourth-order valence-corrected chi connectivity index (χ4v) is 6.08. The highest BCUT2D eigenvalue weighted by atomic mass is 16.5. The van der Waals surface area contributed by atoms with Gasteiger partial charge in [-0.15, -0.1) is 0 Å². The van der Waals surface area contributed by atoms with E-state index in [1.165, 1.54) is 26.7 Å². The van der Waals surface area contributed by atoms with Crippen LogP contribution in [0.3, 0.4) is 0 Å². The Balaban J connectivity index is 2.10. The number of fused-ring (bicyclic) bond motifs is 1. The van der Waals surface area contributed by atoms with E-state index in [9.17, 15) is 24.6 Å². The number of amides is 1. The first kappa shape index (κ1) is 22.5. The molecule has 2 saturated carbocycles. The van der Waals surface area contributed by atoms with Gasteiger partial charge in [-0.2, -0.15) is 0 Å². The minimum atomic E-state index is -1.32. The molecule has 1 aromatic rings. The summed E-state index contributed by atoms with van der Waals surface area (Å²) in [5.41, 5.74) is -1.24. The van der Waals surface area contributed by atoms with E-state index in [-0.39, 0.29) is 24.5 Å². The number of nitrogens with one attached hydrogen (secondary N) is 1. The highest BCUT2D eigenvalue weighted by molar-refractivity contribution is 5.92. The van der Waals surface area contributed by atoms with E-state index in [1.807, 2.05) is 13.8 Å². The van der Waals surface area contributed by atoms with Crippen LogP contribution in [0.25, 0.3) is 0 Å². The maximum atomic E-state index is 13.3. The number of aliphatic hydroxyl groups is 2. The zero-order valence-corrected chi connectivity index (χ0v) is 17.9. The quantitative estimate of drug-likeness (QED) is 0.617. The van der Waals surface area contributed by atoms with Crippen molar-refractivity contribution in [3.8, 4) is 0 Å². The van der Waals surface area contributed by atoms with Crippen LogP contribution >= 0.6 is 0 Å². The Kier molecular flexibility index (Phi) is 6.11. The summed E-state index contributed by atoms with van der Waals surface area (Å²) in [7, 11) is 2.83. The molecule has 7 atom stereocenters. The first-order valence-electron chi connectivity index (χ1n) is 10.3. The van der Waals surface area contributed by atoms with Crippen molar-refractivity contribution < 1.29 is 33.8 Å². The predicted molar refractivity (Wildman–Crippen MR) is 106 cm³/mol. The van der Waals surface area contributed by atoms with Crippen molar-refractivity contribution >= 4 is 17.7 Å². The summed E-state index contributed by atoms with van der Waals surface area (Å²) in [5.74, 6) is -3.10. The van der Waals surface area contributed by atoms with Gasteiger partial charge < -0.3 is 24.7 Å². The number of ether oxygens (including phenoxy) is 1. The molecule has 3 rings (SSSR count). The monoisotopic (exact) mass is 421 g/mol. The van der Waals surface area contributed by atoms with Crippen LogP contribution < -0.4 is 5.32 Å². The van der Waals surface area contributed by atoms with Crippen LogP contribution in [0.4, 0.5) is 0 Å². The third-order valence-electron chi connectivity index (χ3n) is 7.56. The van der Waals surface area contributed by atoms with Crippen molar-refractivity contribution in [2.45, 2.75) is 51.7 Å². The first-order valence-corrected chi connectivity index (χ1v) is 10.3. The van der Waals surface area contributed by atoms with Crippen molar-refractivity contribution in [1.82, 2.24) is 5.32 Å². The van der Waals surface area contributed by atoms with E-state index in [0.717, 1.165) is 0 Å². The fraction of sp³-hybridized carbons (Fsp3) is 0.682. The smallest absolute Gasteiger partial charge is 0.309 e. The molecular weight excluding hydrogens is 390 g/mol. The number of methoxy groups -OCH3 is 1. The maximum absolute atomic E-state index is 13.3. The van der Waals surface area contributed by atoms with E-state index in [0.29, 0.717) is 18.4 Å². The second-order valence-corrected chi connectivity index (χ2v) is 9.16. The standard InChI is InChI=1S/C22H31NO7/c1-21-7-5-13(19(27)23-3)22(2,10-16(25)12-6-8-30-11-12)18(21)17(26)15(24)9-14(21)20(28)29-4/h6,8,11,13-16,18,24-25H,5,7,9-10H2,1-4H3,(H,23,27)/t13-,14-,15-,16-,18?,21-,22-/m0/s1. The number of esters is 1. The summed E-state index contributed by atoms with van der Waals surface area (Å²) >= 11 is 0. The number of Topliss-reactive ketones (excluding diaryl/α,β-unsaturated/α-hetero) is 1. The molecule has 166 valence electrons. The Morgan fingerprint density at radius 2 is 2.07 bits per heavy atom. The van der Waals surface area contributed by atoms with E-state index >= 15 is 0 Å². The van der Waals surface area contributed by atoms with E-state index in [1.54, 1.807) is 6.07 Å². The van der Waals surface area contributed by atoms with Gasteiger partial charge in [-0.1, -0.05) is 13.8 Å². The Morgan fingerprint density at radius 1 is 1.37 bits per heavy atom. The van der Waals surface area contributed by atoms with Crippen LogP contribution in [0, 0.1) is 28.6 Å². The maximum Gasteiger partial charge on any atom is 0.309 e. The van der Waals surface area contributed by atoms with Gasteiger partial charge in [-0.25, -0.2) is 0 Å². The average Bonchev–Trinajstić information content (AvgIpc) is 3.24. The third-order valence-corrected chi connectivity index (χ3v) is 7.56. The molecular formula is C22H31NO7. The van der Waals surface area contributed by atoms with Gasteiger partial charge in [0.1, 0.15) is 6.10 Å². The molecule has 2 fully saturated rings. The molecule has 1 heterocycles. The Morgan fingerprint density at radius 3 is 2.63 bits per heavy atom. The minimum Gasteiger partial charge on any atom is -0.472 e. The third kappa shape index (κ3) is 3.46. The normalized spacial score (nSPS) is 37.2. The molecule has 2 aliphatic carbocycles. The summed E-state index contributed by atoms with van der Waals surface area (Å²) in [4.78, 5) is 38.7. The van der Waals surface area contributed by atoms with Gasteiger partial charge in [-0.05, 0) is 42.6 Å². The molecule has 8 nitrogen and oxygen atoms in total. The first-order chi connectivity index (χ1) is 14.1. The topological polar surface area (TPSA) is 126 Å². The highest BCUT2D eigenvalue weighted by Gasteiger charge is 2.65. The molecule has 0 radical (unpaired) electrons. The van der Waals surface area contributed by atoms with Gasteiger partial charge in [-0.3, -0.25) is 14.4 Å². The summed E-state index contributed by atoms with van der Waals surface area (Å²) in [5, 5.41) is 24.1. The van der Waals surface area contributed by atoms with E-state index in [4.69, 9.17) is 9.15 Å². The second kappa shape index (κ2) is 8.15. The van der Waals surface area contributed by atoms with Crippen molar-refractivity contribution in [2.24, 2.45) is 28.6 Å². The number of carbonyl (C=O) groups excluding carboxylic acids is 3. The fourth-order valence-electron chi connectivity index (χ4n) is 6.08. The molecule has 1 amide bonds. The van der Waals surface area contributed by atoms with Crippen molar-refractivity contribution in [1.29, 1.82) is 0 Å². The number of rotatable bonds is 5. The Labute approximate surface area is 176 Å². The minimum absolute atomic E-state index is 0.00348. The number of hydrogen-bond acceptors (Lipinski definition) is 7. The molecule has 1 aromatic heterocycles. The van der Waals surface area contributed by atoms with Gasteiger partial charge in [0.2, 0.25) is 5.91 Å². The second-order valence-electron chi connectivity index (χ2n) is 9.16. The van der Waals surface area contributed by atoms with Crippen LogP contribution in [-0.2, 0) is 19.1 Å². The summed E-state index contributed by atoms with van der Waals surface area (Å²) in [6.07, 6.45) is 1.63. The molecule has 0 saturated heterocycles. The van der Waals surface area contributed by atoms with Crippen LogP contribution in [0.2, 0.25) is 0 Å². The lowest BCUT2D eigenvalue weighted by molar-refractivity contribution is -0.186. The molecule has 30 heavy (non-hydrogen) atoms. The zero-order chi connectivity index (χ0) is 22.3. The van der Waals surface area contributed by atoms with Crippen LogP contribution in [0.15, 0.2) is 23.0 Å². The molecule has 0 bridgehead atoms. The predicted octanol–water partition coefficient (Wildman–Crippen LogP) is 1.61. The molecule has 0 spiro atoms. The average molecular weight is 421 g/mol. The van der Waals surface area contributed by atoms with Gasteiger partial charge in [0, 0.05) is 24.4 Å². The van der Waals surface area contributed by atoms with Gasteiger partial charge in [0.25, 0.3) is 0 Å². The van der Waals surface area contributed by atoms with Crippen molar-refractivity contribution in [3.63, 3.8) is 0 Å². The lowest BCUT2D eigenvalue weighted by Gasteiger charge is -2.59. The molecule has 1 unspecified atom stereocenters. The number of hydrogen-bond donors (Lipinski definition) is 3. The van der Waals surface area contributed by atoms with Crippen LogP contribution in [0.1, 0.15) is 51.2 Å². The lowest BCUT2D eigenvalue weighted by Crippen LogP contribution is -2.63. The van der Waals surface area contributed by atoms with Gasteiger partial charge in [0.15, 0.2) is 5.78 Å². The highest BCUT2D eigenvalue weighted by Crippen LogP contribution is 2.63.